The molecule has 3 rings (SSSR count). The molecule has 0 spiro atoms. The number of piperidine rings is 1. The molecule has 1 fully saturated rings. The third-order valence-corrected chi connectivity index (χ3v) is 5.38. The van der Waals surface area contributed by atoms with E-state index < -0.39 is 11.9 Å². The molecule has 0 amide bonds. The van der Waals surface area contributed by atoms with E-state index in [1.165, 1.54) is 19.2 Å². The Morgan fingerprint density at radius 1 is 1.24 bits per heavy atom. The highest BCUT2D eigenvalue weighted by Crippen LogP contribution is 2.32. The quantitative estimate of drug-likeness (QED) is 0.652. The van der Waals surface area contributed by atoms with E-state index in [4.69, 9.17) is 4.74 Å². The zero-order valence-corrected chi connectivity index (χ0v) is 16.8. The van der Waals surface area contributed by atoms with Crippen molar-refractivity contribution in [2.24, 2.45) is 5.92 Å². The monoisotopic (exact) mass is 411 g/mol. The van der Waals surface area contributed by atoms with Crippen LogP contribution in [0.3, 0.4) is 0 Å². The van der Waals surface area contributed by atoms with Crippen LogP contribution in [0.5, 0.6) is 5.88 Å². The number of alkyl halides is 3. The molecule has 1 aliphatic rings. The van der Waals surface area contributed by atoms with Crippen LogP contribution in [0.25, 0.3) is 0 Å². The SMILES string of the molecule is COc1ccc(F)c(C(C)N2CCC[C@H](Cc3cc(C)nc(C(F)(F)F)c3)C2)n1. The number of hydrogen-bond donors (Lipinski definition) is 0. The van der Waals surface area contributed by atoms with Crippen molar-refractivity contribution in [3.63, 3.8) is 0 Å². The summed E-state index contributed by atoms with van der Waals surface area (Å²) in [6, 6.07) is 5.42. The van der Waals surface area contributed by atoms with Gasteiger partial charge in [0.05, 0.1) is 18.8 Å². The van der Waals surface area contributed by atoms with E-state index in [0.717, 1.165) is 25.5 Å². The summed E-state index contributed by atoms with van der Waals surface area (Å²) in [5.74, 6) is 0.150. The molecule has 1 aliphatic heterocycles. The summed E-state index contributed by atoms with van der Waals surface area (Å²) >= 11 is 0. The summed E-state index contributed by atoms with van der Waals surface area (Å²) in [5.41, 5.74) is 0.467. The normalized spacial score (nSPS) is 19.2. The summed E-state index contributed by atoms with van der Waals surface area (Å²) in [7, 11) is 1.48. The van der Waals surface area contributed by atoms with Crippen molar-refractivity contribution in [2.75, 3.05) is 20.2 Å². The van der Waals surface area contributed by atoms with Crippen LogP contribution >= 0.6 is 0 Å². The highest BCUT2D eigenvalue weighted by atomic mass is 19.4. The highest BCUT2D eigenvalue weighted by molar-refractivity contribution is 5.24. The molecule has 1 unspecified atom stereocenters. The predicted molar refractivity (Wildman–Crippen MR) is 101 cm³/mol. The van der Waals surface area contributed by atoms with Gasteiger partial charge >= 0.3 is 6.18 Å². The molecule has 0 saturated carbocycles. The first kappa shape index (κ1) is 21.5. The zero-order chi connectivity index (χ0) is 21.2. The van der Waals surface area contributed by atoms with Crippen molar-refractivity contribution in [1.82, 2.24) is 14.9 Å². The number of methoxy groups -OCH3 is 1. The van der Waals surface area contributed by atoms with Crippen molar-refractivity contribution >= 4 is 0 Å². The first-order valence-electron chi connectivity index (χ1n) is 9.66. The fraction of sp³-hybridized carbons (Fsp3) is 0.524. The van der Waals surface area contributed by atoms with E-state index in [9.17, 15) is 17.6 Å². The van der Waals surface area contributed by atoms with Gasteiger partial charge in [0.2, 0.25) is 5.88 Å². The minimum absolute atomic E-state index is 0.183. The Bertz CT molecular complexity index is 856. The molecule has 0 radical (unpaired) electrons. The minimum atomic E-state index is -4.45. The number of rotatable bonds is 5. The second-order valence-corrected chi connectivity index (χ2v) is 7.60. The van der Waals surface area contributed by atoms with Gasteiger partial charge in [0.1, 0.15) is 11.5 Å². The lowest BCUT2D eigenvalue weighted by Gasteiger charge is -2.36. The van der Waals surface area contributed by atoms with Crippen molar-refractivity contribution in [3.8, 4) is 5.88 Å². The Morgan fingerprint density at radius 2 is 2.00 bits per heavy atom. The molecule has 1 saturated heterocycles. The van der Waals surface area contributed by atoms with Crippen LogP contribution in [-0.2, 0) is 12.6 Å². The molecule has 0 aromatic carbocycles. The number of halogens is 4. The summed E-state index contributed by atoms with van der Waals surface area (Å²) in [5, 5.41) is 0. The maximum absolute atomic E-state index is 14.3. The van der Waals surface area contributed by atoms with E-state index in [2.05, 4.69) is 14.9 Å². The van der Waals surface area contributed by atoms with E-state index in [0.29, 0.717) is 35.8 Å². The van der Waals surface area contributed by atoms with E-state index >= 15 is 0 Å². The van der Waals surface area contributed by atoms with Gasteiger partial charge in [-0.25, -0.2) is 14.4 Å². The second kappa shape index (κ2) is 8.65. The standard InChI is InChI=1S/C21H25F4N3O/c1-13-9-16(11-18(26-13)21(23,24)25)10-15-5-4-8-28(12-15)14(2)20-17(22)6-7-19(27-20)29-3/h6-7,9,11,14-15H,4-5,8,10,12H2,1-3H3/t14?,15-/m1/s1. The highest BCUT2D eigenvalue weighted by Gasteiger charge is 2.33. The smallest absolute Gasteiger partial charge is 0.433 e. The summed E-state index contributed by atoms with van der Waals surface area (Å²) in [6.45, 7) is 4.93. The average molecular weight is 411 g/mol. The van der Waals surface area contributed by atoms with E-state index in [1.54, 1.807) is 13.0 Å². The lowest BCUT2D eigenvalue weighted by Crippen LogP contribution is -2.38. The van der Waals surface area contributed by atoms with Crippen LogP contribution in [0.15, 0.2) is 24.3 Å². The first-order valence-corrected chi connectivity index (χ1v) is 9.66. The third-order valence-electron chi connectivity index (χ3n) is 5.38. The number of pyridine rings is 2. The third kappa shape index (κ3) is 5.23. The van der Waals surface area contributed by atoms with Crippen molar-refractivity contribution in [2.45, 2.75) is 45.3 Å². The van der Waals surface area contributed by atoms with Gasteiger partial charge in [0, 0.05) is 18.3 Å². The van der Waals surface area contributed by atoms with Gasteiger partial charge in [-0.1, -0.05) is 0 Å². The maximum Gasteiger partial charge on any atom is 0.433 e. The Kier molecular flexibility index (Phi) is 6.41. The van der Waals surface area contributed by atoms with Gasteiger partial charge in [-0.15, -0.1) is 0 Å². The van der Waals surface area contributed by atoms with Gasteiger partial charge in [0.25, 0.3) is 0 Å². The van der Waals surface area contributed by atoms with Crippen molar-refractivity contribution in [3.05, 3.63) is 52.7 Å². The molecule has 8 heteroatoms. The van der Waals surface area contributed by atoms with E-state index in [1.807, 2.05) is 6.92 Å². The topological polar surface area (TPSA) is 38.2 Å². The number of ether oxygens (including phenoxy) is 1. The lowest BCUT2D eigenvalue weighted by molar-refractivity contribution is -0.141. The fourth-order valence-electron chi connectivity index (χ4n) is 3.97. The van der Waals surface area contributed by atoms with Crippen LogP contribution in [-0.4, -0.2) is 35.1 Å². The van der Waals surface area contributed by atoms with Crippen LogP contribution in [0.4, 0.5) is 17.6 Å². The molecule has 0 aliphatic carbocycles. The molecule has 2 aromatic heterocycles. The van der Waals surface area contributed by atoms with Crippen molar-refractivity contribution < 1.29 is 22.3 Å². The Morgan fingerprint density at radius 3 is 2.69 bits per heavy atom. The molecular formula is C21H25F4N3O. The summed E-state index contributed by atoms with van der Waals surface area (Å²) in [4.78, 5) is 10.00. The van der Waals surface area contributed by atoms with Crippen LogP contribution < -0.4 is 4.74 Å². The van der Waals surface area contributed by atoms with Gasteiger partial charge in [-0.2, -0.15) is 13.2 Å². The van der Waals surface area contributed by atoms with Crippen LogP contribution in [0, 0.1) is 18.7 Å². The molecule has 29 heavy (non-hydrogen) atoms. The van der Waals surface area contributed by atoms with E-state index in [-0.39, 0.29) is 17.8 Å². The fourth-order valence-corrected chi connectivity index (χ4v) is 3.97. The second-order valence-electron chi connectivity index (χ2n) is 7.60. The van der Waals surface area contributed by atoms with Crippen LogP contribution in [0.2, 0.25) is 0 Å². The molecule has 0 bridgehead atoms. The van der Waals surface area contributed by atoms with Gasteiger partial charge in [-0.3, -0.25) is 4.90 Å². The molecule has 158 valence electrons. The molecule has 4 nitrogen and oxygen atoms in total. The maximum atomic E-state index is 14.3. The molecular weight excluding hydrogens is 386 g/mol. The lowest BCUT2D eigenvalue weighted by atomic mass is 9.90. The number of aromatic nitrogens is 2. The molecule has 0 N–H and O–H groups in total. The Labute approximate surface area is 167 Å². The average Bonchev–Trinajstić information content (AvgIpc) is 2.67. The number of nitrogens with zero attached hydrogens (tertiary/aromatic N) is 3. The number of likely N-dealkylation sites (tertiary alicyclic amines) is 1. The van der Waals surface area contributed by atoms with Crippen LogP contribution in [0.1, 0.15) is 48.5 Å². The van der Waals surface area contributed by atoms with Gasteiger partial charge in [-0.05, 0) is 69.3 Å². The predicted octanol–water partition coefficient (Wildman–Crippen LogP) is 4.97. The van der Waals surface area contributed by atoms with Gasteiger partial charge < -0.3 is 4.74 Å². The zero-order valence-electron chi connectivity index (χ0n) is 16.8. The number of hydrogen-bond acceptors (Lipinski definition) is 4. The molecule has 2 aromatic rings. The number of aryl methyl sites for hydroxylation is 1. The largest absolute Gasteiger partial charge is 0.481 e. The first-order chi connectivity index (χ1) is 13.7. The van der Waals surface area contributed by atoms with Gasteiger partial charge in [0.15, 0.2) is 0 Å². The summed E-state index contributed by atoms with van der Waals surface area (Å²) in [6.07, 6.45) is -2.11. The minimum Gasteiger partial charge on any atom is -0.481 e. The Balaban J connectivity index is 1.74. The molecule has 3 heterocycles. The summed E-state index contributed by atoms with van der Waals surface area (Å²) < 4.78 is 58.6. The van der Waals surface area contributed by atoms with Crippen molar-refractivity contribution in [1.29, 1.82) is 0 Å². The molecule has 2 atom stereocenters. The Hall–Kier alpha value is -2.22.